The minimum atomic E-state index is 0.105. The minimum absolute atomic E-state index is 0.105. The Morgan fingerprint density at radius 3 is 2.55 bits per heavy atom. The van der Waals surface area contributed by atoms with Gasteiger partial charge in [-0.2, -0.15) is 0 Å². The molecule has 1 heterocycles. The third-order valence-electron chi connectivity index (χ3n) is 3.29. The van der Waals surface area contributed by atoms with Crippen molar-refractivity contribution in [3.8, 4) is 0 Å². The summed E-state index contributed by atoms with van der Waals surface area (Å²) in [6, 6.07) is 10.0. The summed E-state index contributed by atoms with van der Waals surface area (Å²) in [7, 11) is 0. The molecule has 0 unspecified atom stereocenters. The van der Waals surface area contributed by atoms with Gasteiger partial charge in [0.05, 0.1) is 0 Å². The summed E-state index contributed by atoms with van der Waals surface area (Å²) in [5.74, 6) is 0.105. The van der Waals surface area contributed by atoms with E-state index in [-0.39, 0.29) is 5.84 Å². The van der Waals surface area contributed by atoms with Crippen LogP contribution in [0.2, 0.25) is 0 Å². The van der Waals surface area contributed by atoms with E-state index in [4.69, 9.17) is 11.1 Å². The van der Waals surface area contributed by atoms with E-state index in [9.17, 15) is 0 Å². The van der Waals surface area contributed by atoms with E-state index < -0.39 is 0 Å². The highest BCUT2D eigenvalue weighted by Crippen LogP contribution is 2.23. The molecule has 0 aliphatic heterocycles. The Labute approximate surface area is 119 Å². The zero-order valence-electron chi connectivity index (χ0n) is 11.9. The molecule has 4 nitrogen and oxygen atoms in total. The molecule has 0 saturated heterocycles. The van der Waals surface area contributed by atoms with Crippen LogP contribution in [-0.2, 0) is 6.54 Å². The van der Waals surface area contributed by atoms with E-state index in [0.29, 0.717) is 0 Å². The van der Waals surface area contributed by atoms with Gasteiger partial charge in [0.15, 0.2) is 0 Å². The van der Waals surface area contributed by atoms with E-state index in [1.807, 2.05) is 31.2 Å². The number of anilines is 1. The van der Waals surface area contributed by atoms with Crippen molar-refractivity contribution >= 4 is 11.5 Å². The first-order valence-electron chi connectivity index (χ1n) is 6.70. The summed E-state index contributed by atoms with van der Waals surface area (Å²) >= 11 is 0. The first kappa shape index (κ1) is 14.1. The van der Waals surface area contributed by atoms with E-state index >= 15 is 0 Å². The minimum Gasteiger partial charge on any atom is -0.384 e. The van der Waals surface area contributed by atoms with Gasteiger partial charge in [0.1, 0.15) is 5.84 Å². The molecule has 1 aromatic carbocycles. The number of nitrogens with two attached hydrogens (primary N) is 1. The molecule has 0 saturated carbocycles. The average Bonchev–Trinajstić information content (AvgIpc) is 2.45. The van der Waals surface area contributed by atoms with Crippen molar-refractivity contribution in [3.63, 3.8) is 0 Å². The van der Waals surface area contributed by atoms with Crippen LogP contribution in [-0.4, -0.2) is 17.4 Å². The molecule has 0 bridgehead atoms. The van der Waals surface area contributed by atoms with Crippen LogP contribution in [0, 0.1) is 12.3 Å². The summed E-state index contributed by atoms with van der Waals surface area (Å²) in [5.41, 5.74) is 9.85. The fourth-order valence-electron chi connectivity index (χ4n) is 2.21. The van der Waals surface area contributed by atoms with Crippen molar-refractivity contribution in [2.45, 2.75) is 20.4 Å². The topological polar surface area (TPSA) is 66.0 Å². The first-order chi connectivity index (χ1) is 9.61. The monoisotopic (exact) mass is 268 g/mol. The molecule has 0 spiro atoms. The highest BCUT2D eigenvalue weighted by atomic mass is 15.1. The van der Waals surface area contributed by atoms with Crippen molar-refractivity contribution in [3.05, 3.63) is 59.4 Å². The number of rotatable bonds is 5. The van der Waals surface area contributed by atoms with Crippen molar-refractivity contribution in [1.29, 1.82) is 5.41 Å². The van der Waals surface area contributed by atoms with Gasteiger partial charge in [-0.3, -0.25) is 10.4 Å². The second-order valence-corrected chi connectivity index (χ2v) is 4.80. The lowest BCUT2D eigenvalue weighted by atomic mass is 10.1. The maximum absolute atomic E-state index is 7.74. The van der Waals surface area contributed by atoms with E-state index in [1.54, 1.807) is 12.4 Å². The fraction of sp³-hybridized carbons (Fsp3) is 0.250. The standard InChI is InChI=1S/C16H20N4/c1-3-20(11-13-6-8-19-9-7-13)15-10-12(2)4-5-14(15)16(17)18/h4-10H,3,11H2,1-2H3,(H3,17,18). The molecule has 2 aromatic rings. The Balaban J connectivity index is 2.36. The summed E-state index contributed by atoms with van der Waals surface area (Å²) in [5, 5.41) is 7.74. The number of aryl methyl sites for hydroxylation is 1. The van der Waals surface area contributed by atoms with Crippen molar-refractivity contribution in [2.75, 3.05) is 11.4 Å². The molecule has 0 amide bonds. The zero-order chi connectivity index (χ0) is 14.5. The number of pyridine rings is 1. The fourth-order valence-corrected chi connectivity index (χ4v) is 2.21. The average molecular weight is 268 g/mol. The summed E-state index contributed by atoms with van der Waals surface area (Å²) in [6.45, 7) is 5.79. The molecule has 3 N–H and O–H groups in total. The largest absolute Gasteiger partial charge is 0.384 e. The van der Waals surface area contributed by atoms with Crippen LogP contribution in [0.25, 0.3) is 0 Å². The van der Waals surface area contributed by atoms with Gasteiger partial charge in [-0.1, -0.05) is 6.07 Å². The Bertz CT molecular complexity index is 593. The molecule has 0 aliphatic carbocycles. The van der Waals surface area contributed by atoms with Gasteiger partial charge in [0.25, 0.3) is 0 Å². The Morgan fingerprint density at radius 2 is 1.95 bits per heavy atom. The quantitative estimate of drug-likeness (QED) is 0.647. The van der Waals surface area contributed by atoms with Crippen LogP contribution in [0.4, 0.5) is 5.69 Å². The van der Waals surface area contributed by atoms with Gasteiger partial charge < -0.3 is 10.6 Å². The summed E-state index contributed by atoms with van der Waals surface area (Å²) in [6.07, 6.45) is 3.59. The van der Waals surface area contributed by atoms with Crippen LogP contribution < -0.4 is 10.6 Å². The predicted octanol–water partition coefficient (Wildman–Crippen LogP) is 2.70. The molecule has 4 heteroatoms. The summed E-state index contributed by atoms with van der Waals surface area (Å²) < 4.78 is 0. The van der Waals surface area contributed by atoms with E-state index in [1.165, 1.54) is 5.56 Å². The van der Waals surface area contributed by atoms with Crippen LogP contribution in [0.3, 0.4) is 0 Å². The number of hydrogen-bond acceptors (Lipinski definition) is 3. The highest BCUT2D eigenvalue weighted by molar-refractivity contribution is 6.00. The van der Waals surface area contributed by atoms with Gasteiger partial charge >= 0.3 is 0 Å². The van der Waals surface area contributed by atoms with Gasteiger partial charge in [-0.15, -0.1) is 0 Å². The van der Waals surface area contributed by atoms with Crippen LogP contribution in [0.15, 0.2) is 42.7 Å². The van der Waals surface area contributed by atoms with Gasteiger partial charge in [-0.05, 0) is 49.2 Å². The Hall–Kier alpha value is -2.36. The number of amidine groups is 1. The smallest absolute Gasteiger partial charge is 0.124 e. The SMILES string of the molecule is CCN(Cc1ccncc1)c1cc(C)ccc1C(=N)N. The number of nitrogens with one attached hydrogen (secondary N) is 1. The molecule has 0 aliphatic rings. The van der Waals surface area contributed by atoms with E-state index in [0.717, 1.165) is 29.9 Å². The van der Waals surface area contributed by atoms with Crippen LogP contribution >= 0.6 is 0 Å². The number of nitrogens with zero attached hydrogens (tertiary/aromatic N) is 2. The molecular weight excluding hydrogens is 248 g/mol. The lowest BCUT2D eigenvalue weighted by Crippen LogP contribution is -2.26. The third kappa shape index (κ3) is 3.15. The second kappa shape index (κ2) is 6.19. The lowest BCUT2D eigenvalue weighted by molar-refractivity contribution is 0.828. The molecule has 1 aromatic heterocycles. The molecule has 0 radical (unpaired) electrons. The van der Waals surface area contributed by atoms with Gasteiger partial charge in [0.2, 0.25) is 0 Å². The van der Waals surface area contributed by atoms with E-state index in [2.05, 4.69) is 22.9 Å². The molecule has 0 atom stereocenters. The number of nitrogen functional groups attached to an aromatic ring is 1. The third-order valence-corrected chi connectivity index (χ3v) is 3.29. The van der Waals surface area contributed by atoms with Crippen LogP contribution in [0.5, 0.6) is 0 Å². The number of hydrogen-bond donors (Lipinski definition) is 2. The van der Waals surface area contributed by atoms with Crippen molar-refractivity contribution in [2.24, 2.45) is 5.73 Å². The molecule has 104 valence electrons. The first-order valence-corrected chi connectivity index (χ1v) is 6.70. The Kier molecular flexibility index (Phi) is 4.35. The number of aromatic nitrogens is 1. The van der Waals surface area contributed by atoms with Crippen LogP contribution in [0.1, 0.15) is 23.6 Å². The summed E-state index contributed by atoms with van der Waals surface area (Å²) in [4.78, 5) is 6.26. The Morgan fingerprint density at radius 1 is 1.25 bits per heavy atom. The van der Waals surface area contributed by atoms with Gasteiger partial charge in [0, 0.05) is 36.7 Å². The highest BCUT2D eigenvalue weighted by Gasteiger charge is 2.12. The maximum Gasteiger partial charge on any atom is 0.124 e. The van der Waals surface area contributed by atoms with Gasteiger partial charge in [-0.25, -0.2) is 0 Å². The molecular formula is C16H20N4. The number of benzene rings is 1. The maximum atomic E-state index is 7.74. The normalized spacial score (nSPS) is 10.3. The molecule has 2 rings (SSSR count). The lowest BCUT2D eigenvalue weighted by Gasteiger charge is -2.26. The second-order valence-electron chi connectivity index (χ2n) is 4.80. The zero-order valence-corrected chi connectivity index (χ0v) is 11.9. The molecule has 20 heavy (non-hydrogen) atoms. The van der Waals surface area contributed by atoms with Crippen molar-refractivity contribution < 1.29 is 0 Å². The molecule has 0 fully saturated rings. The predicted molar refractivity (Wildman–Crippen MR) is 83.2 cm³/mol. The van der Waals surface area contributed by atoms with Crippen molar-refractivity contribution in [1.82, 2.24) is 4.98 Å².